The summed E-state index contributed by atoms with van der Waals surface area (Å²) in [4.78, 5) is 24.2. The maximum absolute atomic E-state index is 4.70. The molecule has 0 atom stereocenters. The van der Waals surface area contributed by atoms with Crippen LogP contribution in [0.25, 0.3) is 0 Å². The van der Waals surface area contributed by atoms with Crippen molar-refractivity contribution in [1.29, 1.82) is 0 Å². The Morgan fingerprint density at radius 2 is 1.85 bits per heavy atom. The second-order valence-electron chi connectivity index (χ2n) is 6.48. The summed E-state index contributed by atoms with van der Waals surface area (Å²) >= 11 is 0. The van der Waals surface area contributed by atoms with Gasteiger partial charge in [0.25, 0.3) is 0 Å². The van der Waals surface area contributed by atoms with Crippen molar-refractivity contribution in [1.82, 2.24) is 24.9 Å². The Morgan fingerprint density at radius 3 is 2.58 bits per heavy atom. The summed E-state index contributed by atoms with van der Waals surface area (Å²) < 4.78 is 0. The minimum Gasteiger partial charge on any atom is -0.355 e. The van der Waals surface area contributed by atoms with Crippen LogP contribution in [0.15, 0.2) is 49.2 Å². The van der Waals surface area contributed by atoms with Crippen molar-refractivity contribution in [3.8, 4) is 0 Å². The molecule has 4 heterocycles. The number of aryl methyl sites for hydroxylation is 1. The molecule has 1 aliphatic heterocycles. The minimum atomic E-state index is 0.428. The SMILES string of the molecule is Cc1ccc(Nc2nccc(C3CCN(c4cnccn4)CC3)n2)nc1. The molecule has 7 heteroatoms. The maximum Gasteiger partial charge on any atom is 0.228 e. The van der Waals surface area contributed by atoms with E-state index in [0.717, 1.165) is 48.8 Å². The van der Waals surface area contributed by atoms with Crippen LogP contribution in [0, 0.1) is 6.92 Å². The van der Waals surface area contributed by atoms with E-state index >= 15 is 0 Å². The molecule has 0 aromatic carbocycles. The number of piperidine rings is 1. The number of nitrogens with one attached hydrogen (secondary N) is 1. The number of hydrogen-bond acceptors (Lipinski definition) is 7. The van der Waals surface area contributed by atoms with Gasteiger partial charge in [0.05, 0.1) is 6.20 Å². The second-order valence-corrected chi connectivity index (χ2v) is 6.48. The lowest BCUT2D eigenvalue weighted by Gasteiger charge is -2.32. The monoisotopic (exact) mass is 347 g/mol. The number of anilines is 3. The largest absolute Gasteiger partial charge is 0.355 e. The zero-order chi connectivity index (χ0) is 17.8. The number of nitrogens with zero attached hydrogens (tertiary/aromatic N) is 6. The second kappa shape index (κ2) is 7.43. The molecule has 7 nitrogen and oxygen atoms in total. The molecule has 0 unspecified atom stereocenters. The fourth-order valence-corrected chi connectivity index (χ4v) is 3.18. The summed E-state index contributed by atoms with van der Waals surface area (Å²) in [6.45, 7) is 3.92. The lowest BCUT2D eigenvalue weighted by molar-refractivity contribution is 0.493. The third-order valence-corrected chi connectivity index (χ3v) is 4.62. The number of aromatic nitrogens is 5. The van der Waals surface area contributed by atoms with Crippen molar-refractivity contribution >= 4 is 17.6 Å². The van der Waals surface area contributed by atoms with Gasteiger partial charge in [-0.15, -0.1) is 0 Å². The molecule has 0 aliphatic carbocycles. The third-order valence-electron chi connectivity index (χ3n) is 4.62. The Hall–Kier alpha value is -3.09. The van der Waals surface area contributed by atoms with Gasteiger partial charge in [0.15, 0.2) is 0 Å². The van der Waals surface area contributed by atoms with Gasteiger partial charge in [-0.1, -0.05) is 6.07 Å². The lowest BCUT2D eigenvalue weighted by atomic mass is 9.93. The molecule has 3 aromatic heterocycles. The minimum absolute atomic E-state index is 0.428. The van der Waals surface area contributed by atoms with Crippen LogP contribution in [0.3, 0.4) is 0 Å². The Kier molecular flexibility index (Phi) is 4.68. The van der Waals surface area contributed by atoms with Crippen LogP contribution >= 0.6 is 0 Å². The molecular formula is C19H21N7. The fraction of sp³-hybridized carbons (Fsp3) is 0.316. The molecule has 0 amide bonds. The summed E-state index contributed by atoms with van der Waals surface area (Å²) in [7, 11) is 0. The van der Waals surface area contributed by atoms with Gasteiger partial charge in [0, 0.05) is 49.5 Å². The van der Waals surface area contributed by atoms with Crippen molar-refractivity contribution in [2.75, 3.05) is 23.3 Å². The van der Waals surface area contributed by atoms with Crippen LogP contribution in [-0.4, -0.2) is 38.0 Å². The van der Waals surface area contributed by atoms with Crippen LogP contribution in [-0.2, 0) is 0 Å². The molecule has 3 aromatic rings. The summed E-state index contributed by atoms with van der Waals surface area (Å²) in [5.74, 6) is 2.72. The first-order chi connectivity index (χ1) is 12.8. The highest BCUT2D eigenvalue weighted by Crippen LogP contribution is 2.28. The van der Waals surface area contributed by atoms with Crippen LogP contribution in [0.1, 0.15) is 30.0 Å². The van der Waals surface area contributed by atoms with E-state index in [-0.39, 0.29) is 0 Å². The Labute approximate surface area is 152 Å². The van der Waals surface area contributed by atoms with Gasteiger partial charge in [0.2, 0.25) is 5.95 Å². The Morgan fingerprint density at radius 1 is 0.962 bits per heavy atom. The van der Waals surface area contributed by atoms with E-state index in [2.05, 4.69) is 30.2 Å². The smallest absolute Gasteiger partial charge is 0.228 e. The van der Waals surface area contributed by atoms with Gasteiger partial charge >= 0.3 is 0 Å². The molecule has 4 rings (SSSR count). The van der Waals surface area contributed by atoms with Crippen molar-refractivity contribution in [3.63, 3.8) is 0 Å². The number of hydrogen-bond donors (Lipinski definition) is 1. The summed E-state index contributed by atoms with van der Waals surface area (Å²) in [5, 5.41) is 3.18. The van der Waals surface area contributed by atoms with Crippen molar-refractivity contribution in [2.24, 2.45) is 0 Å². The van der Waals surface area contributed by atoms with E-state index in [0.29, 0.717) is 11.9 Å². The molecule has 0 spiro atoms. The molecule has 1 N–H and O–H groups in total. The van der Waals surface area contributed by atoms with Crippen LogP contribution in [0.4, 0.5) is 17.6 Å². The van der Waals surface area contributed by atoms with Gasteiger partial charge in [0.1, 0.15) is 11.6 Å². The van der Waals surface area contributed by atoms with E-state index in [1.165, 1.54) is 0 Å². The molecule has 26 heavy (non-hydrogen) atoms. The average molecular weight is 347 g/mol. The van der Waals surface area contributed by atoms with Crippen LogP contribution in [0.5, 0.6) is 0 Å². The third kappa shape index (κ3) is 3.77. The van der Waals surface area contributed by atoms with Gasteiger partial charge in [-0.25, -0.2) is 19.9 Å². The molecule has 0 bridgehead atoms. The van der Waals surface area contributed by atoms with Crippen molar-refractivity contribution < 1.29 is 0 Å². The molecule has 132 valence electrons. The predicted molar refractivity (Wildman–Crippen MR) is 101 cm³/mol. The highest BCUT2D eigenvalue weighted by molar-refractivity contribution is 5.47. The van der Waals surface area contributed by atoms with E-state index in [9.17, 15) is 0 Å². The molecular weight excluding hydrogens is 326 g/mol. The maximum atomic E-state index is 4.70. The standard InChI is InChI=1S/C19H21N7/c1-14-2-3-17(23-12-14)25-19-22-7-4-16(24-19)15-5-10-26(11-6-15)18-13-20-8-9-21-18/h2-4,7-9,12-13,15H,5-6,10-11H2,1H3,(H,22,23,24,25). The van der Waals surface area contributed by atoms with E-state index in [4.69, 9.17) is 4.98 Å². The highest BCUT2D eigenvalue weighted by Gasteiger charge is 2.22. The molecule has 1 saturated heterocycles. The van der Waals surface area contributed by atoms with Crippen molar-refractivity contribution in [3.05, 3.63) is 60.4 Å². The first-order valence-corrected chi connectivity index (χ1v) is 8.81. The lowest BCUT2D eigenvalue weighted by Crippen LogP contribution is -2.33. The van der Waals surface area contributed by atoms with Gasteiger partial charge in [-0.3, -0.25) is 4.98 Å². The van der Waals surface area contributed by atoms with Crippen LogP contribution in [0.2, 0.25) is 0 Å². The predicted octanol–water partition coefficient (Wildman–Crippen LogP) is 3.10. The topological polar surface area (TPSA) is 79.7 Å². The summed E-state index contributed by atoms with van der Waals surface area (Å²) in [6.07, 6.45) is 11.0. The van der Waals surface area contributed by atoms with Crippen molar-refractivity contribution in [2.45, 2.75) is 25.7 Å². The Bertz CT molecular complexity index is 843. The highest BCUT2D eigenvalue weighted by atomic mass is 15.2. The summed E-state index contributed by atoms with van der Waals surface area (Å²) in [6, 6.07) is 5.96. The molecule has 0 radical (unpaired) electrons. The van der Waals surface area contributed by atoms with E-state index in [1.54, 1.807) is 12.4 Å². The normalized spacial score (nSPS) is 15.0. The van der Waals surface area contributed by atoms with Gasteiger partial charge < -0.3 is 10.2 Å². The first kappa shape index (κ1) is 16.4. The number of rotatable bonds is 4. The van der Waals surface area contributed by atoms with Crippen LogP contribution < -0.4 is 10.2 Å². The van der Waals surface area contributed by atoms with E-state index in [1.807, 2.05) is 43.7 Å². The first-order valence-electron chi connectivity index (χ1n) is 8.81. The van der Waals surface area contributed by atoms with Gasteiger partial charge in [-0.05, 0) is 37.5 Å². The molecule has 0 saturated carbocycles. The van der Waals surface area contributed by atoms with E-state index < -0.39 is 0 Å². The quantitative estimate of drug-likeness (QED) is 0.777. The average Bonchev–Trinajstić information content (AvgIpc) is 2.71. The molecule has 1 fully saturated rings. The Balaban J connectivity index is 1.42. The fourth-order valence-electron chi connectivity index (χ4n) is 3.18. The zero-order valence-corrected chi connectivity index (χ0v) is 14.7. The van der Waals surface area contributed by atoms with Gasteiger partial charge in [-0.2, -0.15) is 0 Å². The zero-order valence-electron chi connectivity index (χ0n) is 14.7. The molecule has 1 aliphatic rings. The number of pyridine rings is 1. The summed E-state index contributed by atoms with van der Waals surface area (Å²) in [5.41, 5.74) is 2.20.